The number of nitrogens with zero attached hydrogens (tertiary/aromatic N) is 3. The van der Waals surface area contributed by atoms with Gasteiger partial charge in [-0.1, -0.05) is 6.07 Å². The Bertz CT molecular complexity index is 473. The maximum atomic E-state index is 5.22. The molecule has 0 unspecified atom stereocenters. The highest BCUT2D eigenvalue weighted by Crippen LogP contribution is 2.26. The summed E-state index contributed by atoms with van der Waals surface area (Å²) in [5.74, 6) is 1.01. The van der Waals surface area contributed by atoms with Crippen LogP contribution in [0.15, 0.2) is 22.5 Å². The van der Waals surface area contributed by atoms with Gasteiger partial charge in [-0.05, 0) is 37.6 Å². The fourth-order valence-corrected chi connectivity index (χ4v) is 3.42. The third kappa shape index (κ3) is 6.79. The van der Waals surface area contributed by atoms with E-state index in [0.717, 1.165) is 57.8 Å². The van der Waals surface area contributed by atoms with E-state index in [-0.39, 0.29) is 0 Å². The molecule has 0 aliphatic heterocycles. The van der Waals surface area contributed by atoms with Gasteiger partial charge in [-0.3, -0.25) is 9.89 Å². The average molecular weight is 353 g/mol. The van der Waals surface area contributed by atoms with Gasteiger partial charge in [-0.15, -0.1) is 11.3 Å². The Labute approximate surface area is 150 Å². The summed E-state index contributed by atoms with van der Waals surface area (Å²) in [6.07, 6.45) is 3.73. The Kier molecular flexibility index (Phi) is 8.56. The molecule has 5 nitrogen and oxygen atoms in total. The van der Waals surface area contributed by atoms with Crippen LogP contribution < -0.4 is 5.32 Å². The topological polar surface area (TPSA) is 40.1 Å². The number of guanidine groups is 1. The van der Waals surface area contributed by atoms with Crippen LogP contribution in [0.4, 0.5) is 0 Å². The van der Waals surface area contributed by atoms with E-state index in [4.69, 9.17) is 9.73 Å². The summed E-state index contributed by atoms with van der Waals surface area (Å²) < 4.78 is 5.22. The first-order valence-corrected chi connectivity index (χ1v) is 9.87. The molecule has 1 aromatic heterocycles. The van der Waals surface area contributed by atoms with Gasteiger partial charge in [0, 0.05) is 51.3 Å². The highest BCUT2D eigenvalue weighted by atomic mass is 32.1. The van der Waals surface area contributed by atoms with E-state index in [1.807, 2.05) is 11.3 Å². The summed E-state index contributed by atoms with van der Waals surface area (Å²) in [4.78, 5) is 11.0. The largest absolute Gasteiger partial charge is 0.383 e. The van der Waals surface area contributed by atoms with Crippen LogP contribution in [0.5, 0.6) is 0 Å². The lowest BCUT2D eigenvalue weighted by Gasteiger charge is -2.23. The Morgan fingerprint density at radius 2 is 2.21 bits per heavy atom. The van der Waals surface area contributed by atoms with Gasteiger partial charge in [0.1, 0.15) is 0 Å². The van der Waals surface area contributed by atoms with Crippen molar-refractivity contribution in [2.24, 2.45) is 4.99 Å². The number of methoxy groups -OCH3 is 1. The van der Waals surface area contributed by atoms with Crippen LogP contribution in [0.3, 0.4) is 0 Å². The van der Waals surface area contributed by atoms with Crippen LogP contribution in [0.2, 0.25) is 0 Å². The van der Waals surface area contributed by atoms with Crippen molar-refractivity contribution in [1.82, 2.24) is 15.1 Å². The third-order valence-electron chi connectivity index (χ3n) is 4.26. The van der Waals surface area contributed by atoms with E-state index in [1.54, 1.807) is 7.11 Å². The Morgan fingerprint density at radius 1 is 1.38 bits per heavy atom. The Balaban J connectivity index is 1.79. The molecule has 24 heavy (non-hydrogen) atoms. The number of ether oxygens (including phenoxy) is 1. The zero-order chi connectivity index (χ0) is 17.2. The monoisotopic (exact) mass is 352 g/mol. The van der Waals surface area contributed by atoms with Crippen LogP contribution in [0.25, 0.3) is 0 Å². The zero-order valence-electron chi connectivity index (χ0n) is 15.3. The molecule has 1 saturated carbocycles. The summed E-state index contributed by atoms with van der Waals surface area (Å²) in [6, 6.07) is 5.08. The van der Waals surface area contributed by atoms with E-state index in [9.17, 15) is 0 Å². The van der Waals surface area contributed by atoms with Gasteiger partial charge in [0.25, 0.3) is 0 Å². The molecular weight excluding hydrogens is 320 g/mol. The minimum atomic E-state index is 0.759. The molecule has 0 amide bonds. The lowest BCUT2D eigenvalue weighted by molar-refractivity contribution is 0.145. The first kappa shape index (κ1) is 19.2. The van der Waals surface area contributed by atoms with Gasteiger partial charge < -0.3 is 15.0 Å². The highest BCUT2D eigenvalue weighted by molar-refractivity contribution is 7.09. The lowest BCUT2D eigenvalue weighted by Crippen LogP contribution is -2.40. The standard InChI is InChI=1S/C18H32N4OS/c1-4-19-18(21(2)11-9-17-6-5-15-24-17)20-10-12-22(13-14-23-3)16-7-8-16/h5-6,15-16H,4,7-14H2,1-3H3,(H,19,20). The Hall–Kier alpha value is -1.11. The fourth-order valence-electron chi connectivity index (χ4n) is 2.72. The van der Waals surface area contributed by atoms with Gasteiger partial charge in [0.15, 0.2) is 5.96 Å². The molecule has 1 fully saturated rings. The van der Waals surface area contributed by atoms with Crippen molar-refractivity contribution >= 4 is 17.3 Å². The summed E-state index contributed by atoms with van der Waals surface area (Å²) in [6.45, 7) is 7.69. The molecule has 2 rings (SSSR count). The number of likely N-dealkylation sites (N-methyl/N-ethyl adjacent to an activating group) is 1. The third-order valence-corrected chi connectivity index (χ3v) is 5.20. The van der Waals surface area contributed by atoms with Crippen molar-refractivity contribution in [3.8, 4) is 0 Å². The van der Waals surface area contributed by atoms with Crippen molar-refractivity contribution in [2.75, 3.05) is 53.5 Å². The summed E-state index contributed by atoms with van der Waals surface area (Å²) >= 11 is 1.82. The second kappa shape index (κ2) is 10.7. The second-order valence-electron chi connectivity index (χ2n) is 6.25. The van der Waals surface area contributed by atoms with Gasteiger partial charge in [-0.25, -0.2) is 0 Å². The van der Waals surface area contributed by atoms with E-state index >= 15 is 0 Å². The first-order chi connectivity index (χ1) is 11.7. The maximum Gasteiger partial charge on any atom is 0.193 e. The van der Waals surface area contributed by atoms with Crippen LogP contribution in [-0.2, 0) is 11.2 Å². The molecule has 0 radical (unpaired) electrons. The molecule has 6 heteroatoms. The van der Waals surface area contributed by atoms with E-state index in [1.165, 1.54) is 17.7 Å². The van der Waals surface area contributed by atoms with E-state index in [2.05, 4.69) is 46.6 Å². The van der Waals surface area contributed by atoms with E-state index in [0.29, 0.717) is 0 Å². The quantitative estimate of drug-likeness (QED) is 0.490. The van der Waals surface area contributed by atoms with Crippen molar-refractivity contribution in [3.05, 3.63) is 22.4 Å². The SMILES string of the molecule is CCNC(=NCCN(CCOC)C1CC1)N(C)CCc1cccs1. The summed E-state index contributed by atoms with van der Waals surface area (Å²) in [5.41, 5.74) is 0. The molecule has 0 aromatic carbocycles. The van der Waals surface area contributed by atoms with Gasteiger partial charge in [-0.2, -0.15) is 0 Å². The van der Waals surface area contributed by atoms with Crippen molar-refractivity contribution in [2.45, 2.75) is 32.2 Å². The maximum absolute atomic E-state index is 5.22. The molecule has 1 aromatic rings. The predicted molar refractivity (Wildman–Crippen MR) is 103 cm³/mol. The van der Waals surface area contributed by atoms with Gasteiger partial charge >= 0.3 is 0 Å². The molecule has 136 valence electrons. The molecule has 0 atom stereocenters. The normalized spacial score (nSPS) is 15.1. The predicted octanol–water partition coefficient (Wildman–Crippen LogP) is 2.30. The first-order valence-electron chi connectivity index (χ1n) is 8.99. The number of rotatable bonds is 11. The molecule has 0 bridgehead atoms. The molecule has 1 N–H and O–H groups in total. The van der Waals surface area contributed by atoms with Crippen LogP contribution >= 0.6 is 11.3 Å². The van der Waals surface area contributed by atoms with Gasteiger partial charge in [0.2, 0.25) is 0 Å². The molecular formula is C18H32N4OS. The number of thiophene rings is 1. The zero-order valence-corrected chi connectivity index (χ0v) is 16.1. The summed E-state index contributed by atoms with van der Waals surface area (Å²) in [5, 5.41) is 5.55. The van der Waals surface area contributed by atoms with E-state index < -0.39 is 0 Å². The number of nitrogens with one attached hydrogen (secondary N) is 1. The van der Waals surface area contributed by atoms with Gasteiger partial charge in [0.05, 0.1) is 13.2 Å². The molecule has 1 aliphatic carbocycles. The molecule has 1 heterocycles. The molecule has 0 saturated heterocycles. The minimum Gasteiger partial charge on any atom is -0.383 e. The average Bonchev–Trinajstić information content (AvgIpc) is 3.30. The number of aliphatic imine (C=N–C) groups is 1. The minimum absolute atomic E-state index is 0.759. The lowest BCUT2D eigenvalue weighted by atomic mass is 10.3. The van der Waals surface area contributed by atoms with Crippen molar-refractivity contribution in [1.29, 1.82) is 0 Å². The highest BCUT2D eigenvalue weighted by Gasteiger charge is 2.28. The number of hydrogen-bond acceptors (Lipinski definition) is 4. The Morgan fingerprint density at radius 3 is 2.83 bits per heavy atom. The summed E-state index contributed by atoms with van der Waals surface area (Å²) in [7, 11) is 3.90. The van der Waals surface area contributed by atoms with Crippen LogP contribution in [0.1, 0.15) is 24.6 Å². The van der Waals surface area contributed by atoms with Crippen LogP contribution in [-0.4, -0.2) is 75.3 Å². The molecule has 0 spiro atoms. The van der Waals surface area contributed by atoms with Crippen molar-refractivity contribution in [3.63, 3.8) is 0 Å². The smallest absolute Gasteiger partial charge is 0.193 e. The number of hydrogen-bond donors (Lipinski definition) is 1. The fraction of sp³-hybridized carbons (Fsp3) is 0.722. The molecule has 1 aliphatic rings. The van der Waals surface area contributed by atoms with Crippen molar-refractivity contribution < 1.29 is 4.74 Å². The second-order valence-corrected chi connectivity index (χ2v) is 7.28. The van der Waals surface area contributed by atoms with Crippen LogP contribution in [0, 0.1) is 0 Å².